The molecule has 24 heavy (non-hydrogen) atoms. The third-order valence-electron chi connectivity index (χ3n) is 3.40. The Hall–Kier alpha value is -2.21. The maximum Gasteiger partial charge on any atom is 0.224 e. The Bertz CT molecular complexity index is 725. The van der Waals surface area contributed by atoms with Crippen molar-refractivity contribution in [1.29, 1.82) is 0 Å². The van der Waals surface area contributed by atoms with E-state index in [-0.39, 0.29) is 11.7 Å². The molecule has 0 radical (unpaired) electrons. The minimum absolute atomic E-state index is 0.0600. The number of aromatic nitrogens is 1. The van der Waals surface area contributed by atoms with E-state index in [1.54, 1.807) is 29.5 Å². The lowest BCUT2D eigenvalue weighted by Gasteiger charge is -2.11. The van der Waals surface area contributed by atoms with Crippen molar-refractivity contribution in [3.05, 3.63) is 39.8 Å². The summed E-state index contributed by atoms with van der Waals surface area (Å²) in [5.74, 6) is 0.335. The van der Waals surface area contributed by atoms with Crippen molar-refractivity contribution < 1.29 is 14.3 Å². The number of nitrogens with one attached hydrogen (secondary N) is 1. The summed E-state index contributed by atoms with van der Waals surface area (Å²) in [7, 11) is 0. The molecule has 0 fully saturated rings. The van der Waals surface area contributed by atoms with Gasteiger partial charge in [-0.1, -0.05) is 13.8 Å². The smallest absolute Gasteiger partial charge is 0.224 e. The zero-order valence-corrected chi connectivity index (χ0v) is 15.0. The predicted molar refractivity (Wildman–Crippen MR) is 95.8 cm³/mol. The first-order valence-corrected chi connectivity index (χ1v) is 8.92. The first kappa shape index (κ1) is 18.1. The van der Waals surface area contributed by atoms with Gasteiger partial charge >= 0.3 is 0 Å². The van der Waals surface area contributed by atoms with Crippen molar-refractivity contribution in [2.45, 2.75) is 46.6 Å². The van der Waals surface area contributed by atoms with Crippen LogP contribution in [0.15, 0.2) is 23.6 Å². The molecule has 128 valence electrons. The van der Waals surface area contributed by atoms with Crippen LogP contribution in [0, 0.1) is 0 Å². The van der Waals surface area contributed by atoms with E-state index in [0.29, 0.717) is 30.0 Å². The molecule has 0 bridgehead atoms. The summed E-state index contributed by atoms with van der Waals surface area (Å²) in [5.41, 5.74) is 1.91. The average molecular weight is 346 g/mol. The maximum absolute atomic E-state index is 11.9. The number of amides is 1. The van der Waals surface area contributed by atoms with E-state index in [0.717, 1.165) is 23.5 Å². The average Bonchev–Trinajstić information content (AvgIpc) is 3.01. The number of carbonyl (C=O) groups is 2. The minimum Gasteiger partial charge on any atom is -0.487 e. The van der Waals surface area contributed by atoms with Gasteiger partial charge < -0.3 is 10.1 Å². The Morgan fingerprint density at radius 3 is 2.71 bits per heavy atom. The van der Waals surface area contributed by atoms with Crippen LogP contribution in [0.25, 0.3) is 0 Å². The van der Waals surface area contributed by atoms with Crippen LogP contribution < -0.4 is 10.1 Å². The number of carbonyl (C=O) groups excluding carboxylic acids is 2. The summed E-state index contributed by atoms with van der Waals surface area (Å²) in [6.07, 6.45) is 2.13. The molecular weight excluding hydrogens is 324 g/mol. The molecule has 1 amide bonds. The van der Waals surface area contributed by atoms with Gasteiger partial charge in [0.2, 0.25) is 5.91 Å². The number of hydrogen-bond donors (Lipinski definition) is 1. The van der Waals surface area contributed by atoms with E-state index in [4.69, 9.17) is 4.74 Å². The van der Waals surface area contributed by atoms with Crippen molar-refractivity contribution >= 4 is 28.7 Å². The number of ether oxygens (including phenoxy) is 1. The Morgan fingerprint density at radius 2 is 2.08 bits per heavy atom. The number of thiazole rings is 1. The fraction of sp³-hybridized carbons (Fsp3) is 0.389. The number of aryl methyl sites for hydroxylation is 1. The fourth-order valence-electron chi connectivity index (χ4n) is 2.19. The van der Waals surface area contributed by atoms with Crippen LogP contribution in [0.3, 0.4) is 0 Å². The first-order chi connectivity index (χ1) is 11.5. The van der Waals surface area contributed by atoms with E-state index in [1.807, 2.05) is 12.3 Å². The van der Waals surface area contributed by atoms with Gasteiger partial charge in [0.05, 0.1) is 16.3 Å². The summed E-state index contributed by atoms with van der Waals surface area (Å²) in [4.78, 5) is 28.0. The standard InChI is InChI=1S/C18H22N2O3S/c1-4-6-17(22)19-13-7-8-16(15(9-13)12(3)21)23-10-14-11-24-18(5-2)20-14/h7-9,11H,4-6,10H2,1-3H3,(H,19,22). The number of Topliss-reactive ketones (excluding diaryl/α,β-unsaturated/α-hetero) is 1. The van der Waals surface area contributed by atoms with Gasteiger partial charge in [0, 0.05) is 17.5 Å². The molecule has 5 nitrogen and oxygen atoms in total. The molecule has 0 saturated carbocycles. The summed E-state index contributed by atoms with van der Waals surface area (Å²) >= 11 is 1.60. The lowest BCUT2D eigenvalue weighted by Crippen LogP contribution is -2.11. The number of nitrogens with zero attached hydrogens (tertiary/aromatic N) is 1. The van der Waals surface area contributed by atoms with Crippen LogP contribution in [0.1, 0.15) is 54.7 Å². The Labute approximate surface area is 146 Å². The van der Waals surface area contributed by atoms with E-state index in [1.165, 1.54) is 6.92 Å². The molecule has 0 atom stereocenters. The van der Waals surface area contributed by atoms with Crippen LogP contribution in [-0.2, 0) is 17.8 Å². The molecule has 0 spiro atoms. The van der Waals surface area contributed by atoms with E-state index < -0.39 is 0 Å². The highest BCUT2D eigenvalue weighted by molar-refractivity contribution is 7.09. The molecule has 0 aliphatic heterocycles. The van der Waals surface area contributed by atoms with Gasteiger partial charge in [-0.3, -0.25) is 9.59 Å². The first-order valence-electron chi connectivity index (χ1n) is 8.04. The van der Waals surface area contributed by atoms with Gasteiger partial charge in [-0.2, -0.15) is 0 Å². The largest absolute Gasteiger partial charge is 0.487 e. The van der Waals surface area contributed by atoms with Crippen molar-refractivity contribution in [2.24, 2.45) is 0 Å². The summed E-state index contributed by atoms with van der Waals surface area (Å²) in [6, 6.07) is 5.11. The van der Waals surface area contributed by atoms with Crippen LogP contribution in [0.5, 0.6) is 5.75 Å². The molecule has 0 saturated heterocycles. The van der Waals surface area contributed by atoms with E-state index in [2.05, 4.69) is 17.2 Å². The van der Waals surface area contributed by atoms with Gasteiger partial charge in [-0.05, 0) is 38.0 Å². The molecule has 2 aromatic rings. The molecule has 6 heteroatoms. The molecule has 1 aromatic heterocycles. The second-order valence-corrected chi connectivity index (χ2v) is 6.38. The molecule has 1 N–H and O–H groups in total. The zero-order valence-electron chi connectivity index (χ0n) is 14.2. The lowest BCUT2D eigenvalue weighted by atomic mass is 10.1. The quantitative estimate of drug-likeness (QED) is 0.727. The Kier molecular flexibility index (Phi) is 6.49. The molecule has 1 aromatic carbocycles. The number of benzene rings is 1. The Morgan fingerprint density at radius 1 is 1.29 bits per heavy atom. The number of hydrogen-bond acceptors (Lipinski definition) is 5. The van der Waals surface area contributed by atoms with E-state index in [9.17, 15) is 9.59 Å². The van der Waals surface area contributed by atoms with Gasteiger partial charge in [-0.25, -0.2) is 4.98 Å². The van der Waals surface area contributed by atoms with Crippen LogP contribution >= 0.6 is 11.3 Å². The van der Waals surface area contributed by atoms with Gasteiger partial charge in [0.25, 0.3) is 0 Å². The van der Waals surface area contributed by atoms with Crippen LogP contribution in [-0.4, -0.2) is 16.7 Å². The molecule has 1 heterocycles. The van der Waals surface area contributed by atoms with Gasteiger partial charge in [-0.15, -0.1) is 11.3 Å². The monoisotopic (exact) mass is 346 g/mol. The van der Waals surface area contributed by atoms with E-state index >= 15 is 0 Å². The molecule has 0 unspecified atom stereocenters. The molecule has 2 rings (SSSR count). The molecule has 0 aliphatic carbocycles. The summed E-state index contributed by atoms with van der Waals surface area (Å²) in [5, 5.41) is 5.82. The topological polar surface area (TPSA) is 68.3 Å². The van der Waals surface area contributed by atoms with Crippen molar-refractivity contribution in [3.8, 4) is 5.75 Å². The third-order valence-corrected chi connectivity index (χ3v) is 4.44. The van der Waals surface area contributed by atoms with Crippen LogP contribution in [0.4, 0.5) is 5.69 Å². The highest BCUT2D eigenvalue weighted by Gasteiger charge is 2.12. The van der Waals surface area contributed by atoms with Crippen molar-refractivity contribution in [2.75, 3.05) is 5.32 Å². The second-order valence-electron chi connectivity index (χ2n) is 5.44. The highest BCUT2D eigenvalue weighted by atomic mass is 32.1. The summed E-state index contributed by atoms with van der Waals surface area (Å²) < 4.78 is 5.76. The number of ketones is 1. The molecule has 0 aliphatic rings. The maximum atomic E-state index is 11.9. The van der Waals surface area contributed by atoms with Crippen molar-refractivity contribution in [1.82, 2.24) is 4.98 Å². The minimum atomic E-state index is -0.107. The zero-order chi connectivity index (χ0) is 17.5. The Balaban J connectivity index is 2.11. The van der Waals surface area contributed by atoms with Gasteiger partial charge in [0.15, 0.2) is 5.78 Å². The second kappa shape index (κ2) is 8.59. The van der Waals surface area contributed by atoms with Crippen molar-refractivity contribution in [3.63, 3.8) is 0 Å². The summed E-state index contributed by atoms with van der Waals surface area (Å²) in [6.45, 7) is 5.80. The number of anilines is 1. The highest BCUT2D eigenvalue weighted by Crippen LogP contribution is 2.25. The van der Waals surface area contributed by atoms with Gasteiger partial charge in [0.1, 0.15) is 12.4 Å². The SMILES string of the molecule is CCCC(=O)Nc1ccc(OCc2csc(CC)n2)c(C(C)=O)c1. The third kappa shape index (κ3) is 4.89. The van der Waals surface area contributed by atoms with Crippen LogP contribution in [0.2, 0.25) is 0 Å². The predicted octanol–water partition coefficient (Wildman–Crippen LogP) is 4.23. The molecular formula is C18H22N2O3S. The lowest BCUT2D eigenvalue weighted by molar-refractivity contribution is -0.116. The number of rotatable bonds is 8. The normalized spacial score (nSPS) is 10.5. The fourth-order valence-corrected chi connectivity index (χ4v) is 2.92.